The summed E-state index contributed by atoms with van der Waals surface area (Å²) in [5, 5.41) is 0. The maximum atomic E-state index is 12.9. The van der Waals surface area contributed by atoms with Gasteiger partial charge in [0.1, 0.15) is 5.75 Å². The largest absolute Gasteiger partial charge is 0.493 e. The second kappa shape index (κ2) is 9.73. The number of fused-ring (bicyclic) bond motifs is 1. The molecular weight excluding hydrogens is 412 g/mol. The van der Waals surface area contributed by atoms with Crippen molar-refractivity contribution in [2.45, 2.75) is 58.3 Å². The van der Waals surface area contributed by atoms with Crippen LogP contribution in [0.15, 0.2) is 41.3 Å². The van der Waals surface area contributed by atoms with Crippen LogP contribution >= 0.6 is 0 Å². The fourth-order valence-electron chi connectivity index (χ4n) is 3.63. The summed E-state index contributed by atoms with van der Waals surface area (Å²) in [5.74, 6) is 1.33. The van der Waals surface area contributed by atoms with Crippen LogP contribution in [0.4, 0.5) is 11.4 Å². The van der Waals surface area contributed by atoms with Crippen molar-refractivity contribution in [2.24, 2.45) is 5.92 Å². The number of carbonyl (C=O) groups is 1. The van der Waals surface area contributed by atoms with E-state index in [4.69, 9.17) is 4.74 Å². The lowest BCUT2D eigenvalue weighted by atomic mass is 9.99. The van der Waals surface area contributed by atoms with E-state index in [9.17, 15) is 13.2 Å². The number of hydrogen-bond acceptors (Lipinski definition) is 4. The molecule has 0 spiro atoms. The topological polar surface area (TPSA) is 75.7 Å². The van der Waals surface area contributed by atoms with Gasteiger partial charge in [0.25, 0.3) is 10.0 Å². The number of hydrogen-bond donors (Lipinski definition) is 1. The van der Waals surface area contributed by atoms with Crippen LogP contribution in [0.5, 0.6) is 5.75 Å². The van der Waals surface area contributed by atoms with Gasteiger partial charge in [0.05, 0.1) is 11.5 Å². The molecule has 168 valence electrons. The van der Waals surface area contributed by atoms with E-state index in [1.807, 2.05) is 30.9 Å². The van der Waals surface area contributed by atoms with Crippen molar-refractivity contribution in [3.63, 3.8) is 0 Å². The van der Waals surface area contributed by atoms with E-state index in [0.717, 1.165) is 29.7 Å². The monoisotopic (exact) mass is 444 g/mol. The molecule has 0 fully saturated rings. The Morgan fingerprint density at radius 3 is 2.58 bits per heavy atom. The number of anilines is 2. The number of carbonyl (C=O) groups excluding carboxylic acids is 1. The third-order valence-electron chi connectivity index (χ3n) is 5.38. The lowest BCUT2D eigenvalue weighted by Crippen LogP contribution is -2.36. The second-order valence-corrected chi connectivity index (χ2v) is 10.1. The Balaban J connectivity index is 1.80. The average molecular weight is 445 g/mol. The Bertz CT molecular complexity index is 1050. The standard InChI is InChI=1S/C24H32N2O4S/c1-5-14-30-23-10-8-21(15-18(23)4)31(28,29)25-20-7-9-22-19(16-20)6-11-24(27)26(22)13-12-17(2)3/h7-10,15-17,25H,5-6,11-14H2,1-4H3. The van der Waals surface area contributed by atoms with Crippen LogP contribution in [0.3, 0.4) is 0 Å². The molecule has 0 radical (unpaired) electrons. The first kappa shape index (κ1) is 23.1. The molecule has 0 unspecified atom stereocenters. The van der Waals surface area contributed by atoms with Crippen molar-refractivity contribution in [1.82, 2.24) is 0 Å². The van der Waals surface area contributed by atoms with Crippen molar-refractivity contribution in [1.29, 1.82) is 0 Å². The molecule has 2 aromatic carbocycles. The number of ether oxygens (including phenoxy) is 1. The predicted molar refractivity (Wildman–Crippen MR) is 124 cm³/mol. The van der Waals surface area contributed by atoms with Gasteiger partial charge in [-0.1, -0.05) is 20.8 Å². The fourth-order valence-corrected chi connectivity index (χ4v) is 4.77. The van der Waals surface area contributed by atoms with E-state index >= 15 is 0 Å². The number of aryl methyl sites for hydroxylation is 2. The molecule has 3 rings (SSSR count). The molecule has 1 aliphatic heterocycles. The molecule has 6 nitrogen and oxygen atoms in total. The molecule has 1 N–H and O–H groups in total. The molecule has 0 atom stereocenters. The van der Waals surface area contributed by atoms with Gasteiger partial charge < -0.3 is 9.64 Å². The van der Waals surface area contributed by atoms with Crippen molar-refractivity contribution >= 4 is 27.3 Å². The zero-order chi connectivity index (χ0) is 22.6. The third-order valence-corrected chi connectivity index (χ3v) is 6.76. The van der Waals surface area contributed by atoms with Gasteiger partial charge in [-0.05, 0) is 79.6 Å². The minimum atomic E-state index is -3.73. The summed E-state index contributed by atoms with van der Waals surface area (Å²) in [6.45, 7) is 9.41. The summed E-state index contributed by atoms with van der Waals surface area (Å²) in [6.07, 6.45) is 2.88. The Labute approximate surface area is 185 Å². The summed E-state index contributed by atoms with van der Waals surface area (Å²) in [7, 11) is -3.73. The number of rotatable bonds is 9. The van der Waals surface area contributed by atoms with Gasteiger partial charge >= 0.3 is 0 Å². The molecule has 0 aromatic heterocycles. The van der Waals surface area contributed by atoms with Gasteiger partial charge in [-0.15, -0.1) is 0 Å². The summed E-state index contributed by atoms with van der Waals surface area (Å²) >= 11 is 0. The first-order valence-electron chi connectivity index (χ1n) is 10.9. The molecule has 1 heterocycles. The Kier molecular flexibility index (Phi) is 7.26. The van der Waals surface area contributed by atoms with Gasteiger partial charge in [-0.2, -0.15) is 0 Å². The first-order valence-corrected chi connectivity index (χ1v) is 12.4. The summed E-state index contributed by atoms with van der Waals surface area (Å²) < 4.78 is 34.2. The lowest BCUT2D eigenvalue weighted by Gasteiger charge is -2.30. The van der Waals surface area contributed by atoms with Crippen LogP contribution in [-0.4, -0.2) is 27.5 Å². The van der Waals surface area contributed by atoms with Crippen LogP contribution < -0.4 is 14.4 Å². The number of sulfonamides is 1. The zero-order valence-electron chi connectivity index (χ0n) is 18.8. The highest BCUT2D eigenvalue weighted by Crippen LogP contribution is 2.32. The number of amides is 1. The number of nitrogens with zero attached hydrogens (tertiary/aromatic N) is 1. The van der Waals surface area contributed by atoms with Crippen molar-refractivity contribution in [3.05, 3.63) is 47.5 Å². The molecule has 0 bridgehead atoms. The molecule has 1 amide bonds. The van der Waals surface area contributed by atoms with Crippen LogP contribution in [0, 0.1) is 12.8 Å². The predicted octanol–water partition coefficient (Wildman–Crippen LogP) is 4.91. The number of nitrogens with one attached hydrogen (secondary N) is 1. The van der Waals surface area contributed by atoms with E-state index in [0.29, 0.717) is 43.3 Å². The fraction of sp³-hybridized carbons (Fsp3) is 0.458. The highest BCUT2D eigenvalue weighted by molar-refractivity contribution is 7.92. The normalized spacial score (nSPS) is 14.0. The molecule has 2 aromatic rings. The molecular formula is C24H32N2O4S. The van der Waals surface area contributed by atoms with E-state index in [1.165, 1.54) is 0 Å². The molecule has 7 heteroatoms. The van der Waals surface area contributed by atoms with Gasteiger partial charge in [0.2, 0.25) is 5.91 Å². The Morgan fingerprint density at radius 2 is 1.90 bits per heavy atom. The van der Waals surface area contributed by atoms with E-state index in [2.05, 4.69) is 18.6 Å². The summed E-state index contributed by atoms with van der Waals surface area (Å²) in [6, 6.07) is 10.3. The van der Waals surface area contributed by atoms with Gasteiger partial charge in [-0.25, -0.2) is 8.42 Å². The van der Waals surface area contributed by atoms with Crippen LogP contribution in [0.25, 0.3) is 0 Å². The highest BCUT2D eigenvalue weighted by Gasteiger charge is 2.25. The molecule has 1 aliphatic rings. The molecule has 0 saturated heterocycles. The summed E-state index contributed by atoms with van der Waals surface area (Å²) in [4.78, 5) is 14.4. The quantitative estimate of drug-likeness (QED) is 0.596. The van der Waals surface area contributed by atoms with Gasteiger partial charge in [-0.3, -0.25) is 9.52 Å². The molecule has 0 aliphatic carbocycles. The second-order valence-electron chi connectivity index (χ2n) is 8.45. The molecule has 0 saturated carbocycles. The maximum Gasteiger partial charge on any atom is 0.261 e. The minimum absolute atomic E-state index is 0.127. The zero-order valence-corrected chi connectivity index (χ0v) is 19.6. The smallest absolute Gasteiger partial charge is 0.261 e. The van der Waals surface area contributed by atoms with Crippen molar-refractivity contribution < 1.29 is 17.9 Å². The lowest BCUT2D eigenvalue weighted by molar-refractivity contribution is -0.118. The average Bonchev–Trinajstić information content (AvgIpc) is 2.71. The van der Waals surface area contributed by atoms with Crippen molar-refractivity contribution in [2.75, 3.05) is 22.8 Å². The van der Waals surface area contributed by atoms with E-state index in [1.54, 1.807) is 24.3 Å². The van der Waals surface area contributed by atoms with Crippen LogP contribution in [-0.2, 0) is 21.2 Å². The van der Waals surface area contributed by atoms with Crippen molar-refractivity contribution in [3.8, 4) is 5.75 Å². The number of benzene rings is 2. The van der Waals surface area contributed by atoms with Gasteiger partial charge in [0.15, 0.2) is 0 Å². The van der Waals surface area contributed by atoms with Gasteiger partial charge in [0, 0.05) is 24.3 Å². The Hall–Kier alpha value is -2.54. The Morgan fingerprint density at radius 1 is 1.13 bits per heavy atom. The van der Waals surface area contributed by atoms with E-state index < -0.39 is 10.0 Å². The summed E-state index contributed by atoms with van der Waals surface area (Å²) in [5.41, 5.74) is 3.15. The van der Waals surface area contributed by atoms with Crippen LogP contribution in [0.1, 0.15) is 51.2 Å². The third kappa shape index (κ3) is 5.58. The van der Waals surface area contributed by atoms with Crippen LogP contribution in [0.2, 0.25) is 0 Å². The maximum absolute atomic E-state index is 12.9. The molecule has 31 heavy (non-hydrogen) atoms. The minimum Gasteiger partial charge on any atom is -0.493 e. The van der Waals surface area contributed by atoms with E-state index in [-0.39, 0.29) is 10.8 Å². The highest BCUT2D eigenvalue weighted by atomic mass is 32.2. The first-order chi connectivity index (χ1) is 14.7. The SMILES string of the molecule is CCCOc1ccc(S(=O)(=O)Nc2ccc3c(c2)CCC(=O)N3CCC(C)C)cc1C.